The Balaban J connectivity index is 1.67. The van der Waals surface area contributed by atoms with Crippen molar-refractivity contribution in [2.75, 3.05) is 41.5 Å². The van der Waals surface area contributed by atoms with Crippen molar-refractivity contribution in [2.24, 2.45) is 5.92 Å². The Labute approximate surface area is 209 Å². The molecular weight excluding hydrogens is 438 g/mol. The van der Waals surface area contributed by atoms with Crippen LogP contribution in [0, 0.1) is 17.2 Å². The standard InChI is InChI=1S/C29H37N3O3/c1-21(2)29(20-30,23-11-13-25(33-4)27(19-23)35-6)15-8-17-32(3)18-14-22-10-12-26(34-5)28-24(22)9-7-16-31-28/h7,9-13,16,19,21H,8,14-15,17-18H2,1-6H3. The first kappa shape index (κ1) is 26.3. The van der Waals surface area contributed by atoms with Crippen LogP contribution in [-0.2, 0) is 11.8 Å². The van der Waals surface area contributed by atoms with Crippen molar-refractivity contribution in [3.8, 4) is 23.3 Å². The van der Waals surface area contributed by atoms with E-state index in [-0.39, 0.29) is 5.92 Å². The molecule has 1 unspecified atom stereocenters. The van der Waals surface area contributed by atoms with Crippen molar-refractivity contribution in [3.63, 3.8) is 0 Å². The first-order valence-electron chi connectivity index (χ1n) is 12.1. The predicted octanol–water partition coefficient (Wildman–Crippen LogP) is 5.63. The van der Waals surface area contributed by atoms with Gasteiger partial charge in [-0.15, -0.1) is 0 Å². The fourth-order valence-electron chi connectivity index (χ4n) is 4.77. The van der Waals surface area contributed by atoms with Gasteiger partial charge in [0.1, 0.15) is 11.3 Å². The van der Waals surface area contributed by atoms with Gasteiger partial charge in [0.2, 0.25) is 0 Å². The topological polar surface area (TPSA) is 67.6 Å². The van der Waals surface area contributed by atoms with Crippen molar-refractivity contribution in [1.82, 2.24) is 9.88 Å². The molecule has 0 saturated carbocycles. The van der Waals surface area contributed by atoms with Gasteiger partial charge < -0.3 is 19.1 Å². The summed E-state index contributed by atoms with van der Waals surface area (Å²) in [5.41, 5.74) is 2.56. The minimum absolute atomic E-state index is 0.161. The van der Waals surface area contributed by atoms with Crippen LogP contribution in [0.1, 0.15) is 37.8 Å². The monoisotopic (exact) mass is 475 g/mol. The summed E-state index contributed by atoms with van der Waals surface area (Å²) in [6, 6.07) is 16.7. The molecule has 0 aliphatic heterocycles. The molecule has 0 N–H and O–H groups in total. The number of fused-ring (bicyclic) bond motifs is 1. The Hall–Kier alpha value is -3.30. The molecule has 0 aliphatic rings. The number of nitriles is 1. The Morgan fingerprint density at radius 1 is 0.971 bits per heavy atom. The van der Waals surface area contributed by atoms with E-state index >= 15 is 0 Å². The van der Waals surface area contributed by atoms with E-state index in [9.17, 15) is 5.26 Å². The summed E-state index contributed by atoms with van der Waals surface area (Å²) in [5.74, 6) is 2.29. The molecule has 0 aliphatic carbocycles. The normalized spacial score (nSPS) is 13.0. The van der Waals surface area contributed by atoms with Crippen molar-refractivity contribution < 1.29 is 14.2 Å². The van der Waals surface area contributed by atoms with Crippen LogP contribution in [0.2, 0.25) is 0 Å². The summed E-state index contributed by atoms with van der Waals surface area (Å²) in [6.45, 7) is 6.07. The molecule has 2 aromatic carbocycles. The third-order valence-electron chi connectivity index (χ3n) is 7.00. The van der Waals surface area contributed by atoms with Crippen LogP contribution in [-0.4, -0.2) is 51.4 Å². The quantitative estimate of drug-likeness (QED) is 0.338. The number of methoxy groups -OCH3 is 3. The molecule has 0 saturated heterocycles. The van der Waals surface area contributed by atoms with E-state index in [2.05, 4.69) is 49.0 Å². The Kier molecular flexibility index (Phi) is 8.95. The number of hydrogen-bond acceptors (Lipinski definition) is 6. The highest BCUT2D eigenvalue weighted by Gasteiger charge is 2.36. The number of hydrogen-bond donors (Lipinski definition) is 0. The van der Waals surface area contributed by atoms with E-state index in [1.807, 2.05) is 30.3 Å². The highest BCUT2D eigenvalue weighted by atomic mass is 16.5. The molecule has 0 radical (unpaired) electrons. The maximum absolute atomic E-state index is 10.3. The van der Waals surface area contributed by atoms with Gasteiger partial charge in [-0.2, -0.15) is 5.26 Å². The molecule has 6 nitrogen and oxygen atoms in total. The zero-order chi connectivity index (χ0) is 25.4. The molecule has 1 atom stereocenters. The van der Waals surface area contributed by atoms with E-state index < -0.39 is 5.41 Å². The van der Waals surface area contributed by atoms with Crippen LogP contribution >= 0.6 is 0 Å². The van der Waals surface area contributed by atoms with Crippen LogP contribution in [0.15, 0.2) is 48.7 Å². The summed E-state index contributed by atoms with van der Waals surface area (Å²) < 4.78 is 16.4. The highest BCUT2D eigenvalue weighted by Crippen LogP contribution is 2.40. The lowest BCUT2D eigenvalue weighted by molar-refractivity contribution is 0.293. The minimum Gasteiger partial charge on any atom is -0.494 e. The minimum atomic E-state index is -0.585. The smallest absolute Gasteiger partial charge is 0.161 e. The van der Waals surface area contributed by atoms with E-state index in [4.69, 9.17) is 14.2 Å². The van der Waals surface area contributed by atoms with Crippen molar-refractivity contribution in [1.29, 1.82) is 5.26 Å². The molecular formula is C29H37N3O3. The van der Waals surface area contributed by atoms with Crippen molar-refractivity contribution in [2.45, 2.75) is 38.5 Å². The average Bonchev–Trinajstić information content (AvgIpc) is 2.89. The van der Waals surface area contributed by atoms with E-state index in [0.29, 0.717) is 11.5 Å². The summed E-state index contributed by atoms with van der Waals surface area (Å²) in [5, 5.41) is 11.4. The van der Waals surface area contributed by atoms with Gasteiger partial charge >= 0.3 is 0 Å². The van der Waals surface area contributed by atoms with Gasteiger partial charge in [-0.3, -0.25) is 4.98 Å². The molecule has 0 fully saturated rings. The lowest BCUT2D eigenvalue weighted by atomic mass is 9.69. The van der Waals surface area contributed by atoms with Gasteiger partial charge in [0.25, 0.3) is 0 Å². The number of nitrogens with zero attached hydrogens (tertiary/aromatic N) is 3. The Bertz CT molecular complexity index is 1170. The summed E-state index contributed by atoms with van der Waals surface area (Å²) in [7, 11) is 7.07. The third-order valence-corrected chi connectivity index (χ3v) is 7.00. The molecule has 0 amide bonds. The number of likely N-dealkylation sites (N-methyl/N-ethyl adjacent to an activating group) is 1. The maximum atomic E-state index is 10.3. The van der Waals surface area contributed by atoms with Crippen LogP contribution < -0.4 is 14.2 Å². The Morgan fingerprint density at radius 2 is 1.69 bits per heavy atom. The number of pyridine rings is 1. The highest BCUT2D eigenvalue weighted by molar-refractivity contribution is 5.87. The lowest BCUT2D eigenvalue weighted by Gasteiger charge is -2.32. The van der Waals surface area contributed by atoms with Crippen molar-refractivity contribution in [3.05, 3.63) is 59.8 Å². The summed E-state index contributed by atoms with van der Waals surface area (Å²) in [4.78, 5) is 6.84. The first-order chi connectivity index (χ1) is 16.9. The fraction of sp³-hybridized carbons (Fsp3) is 0.448. The number of aromatic nitrogens is 1. The number of ether oxygens (including phenoxy) is 3. The molecule has 0 bridgehead atoms. The van der Waals surface area contributed by atoms with Gasteiger partial charge in [0.15, 0.2) is 11.5 Å². The molecule has 1 heterocycles. The fourth-order valence-corrected chi connectivity index (χ4v) is 4.77. The molecule has 35 heavy (non-hydrogen) atoms. The van der Waals surface area contributed by atoms with Crippen LogP contribution in [0.25, 0.3) is 10.9 Å². The first-order valence-corrected chi connectivity index (χ1v) is 12.1. The van der Waals surface area contributed by atoms with E-state index in [0.717, 1.165) is 54.6 Å². The summed E-state index contributed by atoms with van der Waals surface area (Å²) >= 11 is 0. The summed E-state index contributed by atoms with van der Waals surface area (Å²) in [6.07, 6.45) is 4.42. The van der Waals surface area contributed by atoms with Crippen LogP contribution in [0.5, 0.6) is 17.2 Å². The zero-order valence-corrected chi connectivity index (χ0v) is 21.8. The second kappa shape index (κ2) is 11.9. The molecule has 3 rings (SSSR count). The van der Waals surface area contributed by atoms with E-state index in [1.54, 1.807) is 27.5 Å². The van der Waals surface area contributed by atoms with Gasteiger partial charge in [-0.05, 0) is 74.2 Å². The van der Waals surface area contributed by atoms with Crippen LogP contribution in [0.4, 0.5) is 0 Å². The molecule has 186 valence electrons. The molecule has 1 aromatic heterocycles. The second-order valence-corrected chi connectivity index (χ2v) is 9.29. The molecule has 0 spiro atoms. The predicted molar refractivity (Wildman–Crippen MR) is 140 cm³/mol. The largest absolute Gasteiger partial charge is 0.494 e. The zero-order valence-electron chi connectivity index (χ0n) is 21.8. The van der Waals surface area contributed by atoms with Gasteiger partial charge in [-0.1, -0.05) is 32.0 Å². The SMILES string of the molecule is COc1ccc(C(C#N)(CCCN(C)CCc2ccc(OC)c3ncccc23)C(C)C)cc1OC. The second-order valence-electron chi connectivity index (χ2n) is 9.29. The van der Waals surface area contributed by atoms with Gasteiger partial charge in [0.05, 0.1) is 32.8 Å². The van der Waals surface area contributed by atoms with Crippen molar-refractivity contribution >= 4 is 10.9 Å². The molecule has 3 aromatic rings. The average molecular weight is 476 g/mol. The van der Waals surface area contributed by atoms with E-state index in [1.165, 1.54) is 5.56 Å². The lowest BCUT2D eigenvalue weighted by Crippen LogP contribution is -2.32. The van der Waals surface area contributed by atoms with Gasteiger partial charge in [0, 0.05) is 18.1 Å². The number of rotatable bonds is 12. The maximum Gasteiger partial charge on any atom is 0.161 e. The third kappa shape index (κ3) is 5.68. The number of benzene rings is 2. The molecule has 6 heteroatoms. The Morgan fingerprint density at radius 3 is 2.34 bits per heavy atom. The van der Waals surface area contributed by atoms with Crippen LogP contribution in [0.3, 0.4) is 0 Å². The van der Waals surface area contributed by atoms with Gasteiger partial charge in [-0.25, -0.2) is 0 Å².